The van der Waals surface area contributed by atoms with Gasteiger partial charge in [-0.25, -0.2) is 0 Å². The monoisotopic (exact) mass is 390 g/mol. The van der Waals surface area contributed by atoms with Crippen molar-refractivity contribution in [2.45, 2.75) is 32.1 Å². The van der Waals surface area contributed by atoms with E-state index in [0.717, 1.165) is 43.5 Å². The van der Waals surface area contributed by atoms with Gasteiger partial charge in [0, 0.05) is 13.1 Å². The number of carbonyl (C=O) groups is 2. The minimum Gasteiger partial charge on any atom is -0.481 e. The number of aliphatic carboxylic acids is 1. The number of carboxylic acids is 1. The average Bonchev–Trinajstić information content (AvgIpc) is 3.21. The quantitative estimate of drug-likeness (QED) is 0.869. The van der Waals surface area contributed by atoms with E-state index in [4.69, 9.17) is 0 Å². The number of aryl methyl sites for hydroxylation is 2. The Morgan fingerprint density at radius 1 is 1.00 bits per heavy atom. The third kappa shape index (κ3) is 2.96. The Hall–Kier alpha value is -2.66. The van der Waals surface area contributed by atoms with Crippen molar-refractivity contribution in [1.29, 1.82) is 0 Å². The van der Waals surface area contributed by atoms with Gasteiger partial charge >= 0.3 is 5.97 Å². The van der Waals surface area contributed by atoms with Crippen molar-refractivity contribution in [3.63, 3.8) is 0 Å². The highest BCUT2D eigenvalue weighted by atomic mass is 16.4. The van der Waals surface area contributed by atoms with Crippen LogP contribution in [0.2, 0.25) is 0 Å². The zero-order valence-corrected chi connectivity index (χ0v) is 16.5. The lowest BCUT2D eigenvalue weighted by Gasteiger charge is -2.28. The molecule has 2 atom stereocenters. The second-order valence-corrected chi connectivity index (χ2v) is 8.71. The molecule has 5 rings (SSSR count). The predicted molar refractivity (Wildman–Crippen MR) is 111 cm³/mol. The van der Waals surface area contributed by atoms with Gasteiger partial charge < -0.3 is 5.11 Å². The van der Waals surface area contributed by atoms with Crippen molar-refractivity contribution in [2.24, 2.45) is 11.3 Å². The van der Waals surface area contributed by atoms with Gasteiger partial charge in [0.15, 0.2) is 0 Å². The first-order valence-electron chi connectivity index (χ1n) is 10.5. The van der Waals surface area contributed by atoms with Gasteiger partial charge in [-0.1, -0.05) is 42.8 Å². The van der Waals surface area contributed by atoms with Crippen molar-refractivity contribution < 1.29 is 14.7 Å². The van der Waals surface area contributed by atoms with E-state index in [1.807, 2.05) is 41.3 Å². The van der Waals surface area contributed by atoms with Crippen molar-refractivity contribution in [3.05, 3.63) is 59.7 Å². The van der Waals surface area contributed by atoms with Crippen LogP contribution in [0.15, 0.2) is 48.5 Å². The molecule has 150 valence electrons. The van der Waals surface area contributed by atoms with Crippen molar-refractivity contribution >= 4 is 23.3 Å². The number of likely N-dealkylation sites (tertiary alicyclic amines) is 1. The van der Waals surface area contributed by atoms with Crippen LogP contribution in [0.1, 0.15) is 30.4 Å². The number of amides is 1. The first kappa shape index (κ1) is 18.4. The van der Waals surface area contributed by atoms with E-state index in [0.29, 0.717) is 13.1 Å². The van der Waals surface area contributed by atoms with Crippen LogP contribution < -0.4 is 4.90 Å². The molecule has 29 heavy (non-hydrogen) atoms. The maximum absolute atomic E-state index is 13.6. The van der Waals surface area contributed by atoms with Crippen LogP contribution in [-0.4, -0.2) is 41.5 Å². The van der Waals surface area contributed by atoms with Crippen LogP contribution in [-0.2, 0) is 22.4 Å². The van der Waals surface area contributed by atoms with Crippen molar-refractivity contribution in [3.8, 4) is 0 Å². The summed E-state index contributed by atoms with van der Waals surface area (Å²) in [6.45, 7) is 1.44. The zero-order valence-electron chi connectivity index (χ0n) is 16.5. The molecule has 5 heteroatoms. The molecular formula is C24H26N2O3. The Kier molecular flexibility index (Phi) is 4.43. The number of anilines is 2. The summed E-state index contributed by atoms with van der Waals surface area (Å²) in [6, 6.07) is 16.2. The van der Waals surface area contributed by atoms with Crippen LogP contribution in [0, 0.1) is 11.3 Å². The number of carbonyl (C=O) groups excluding carboxylic acids is 1. The second-order valence-electron chi connectivity index (χ2n) is 8.71. The number of para-hydroxylation sites is 2. The lowest BCUT2D eigenvalue weighted by molar-refractivity contribution is -0.149. The largest absolute Gasteiger partial charge is 0.481 e. The fourth-order valence-corrected chi connectivity index (χ4v) is 5.67. The van der Waals surface area contributed by atoms with Crippen molar-refractivity contribution in [1.82, 2.24) is 4.90 Å². The Labute approximate surface area is 170 Å². The minimum absolute atomic E-state index is 0.0207. The SMILES string of the molecule is O=C(CN1C[C@@H]2CCC[C@@]2(C(=O)O)C1)N1c2ccccc2CCc2ccccc21. The number of benzene rings is 2. The first-order valence-corrected chi connectivity index (χ1v) is 10.5. The molecule has 2 fully saturated rings. The maximum atomic E-state index is 13.6. The number of hydrogen-bond donors (Lipinski definition) is 1. The zero-order chi connectivity index (χ0) is 20.0. The molecule has 0 spiro atoms. The summed E-state index contributed by atoms with van der Waals surface area (Å²) in [5.41, 5.74) is 3.61. The molecule has 3 aliphatic rings. The van der Waals surface area contributed by atoms with E-state index < -0.39 is 11.4 Å². The van der Waals surface area contributed by atoms with Crippen LogP contribution in [0.25, 0.3) is 0 Å². The van der Waals surface area contributed by atoms with Gasteiger partial charge in [0.1, 0.15) is 0 Å². The second kappa shape index (κ2) is 6.99. The fraction of sp³-hybridized carbons (Fsp3) is 0.417. The molecule has 0 radical (unpaired) electrons. The summed E-state index contributed by atoms with van der Waals surface area (Å²) in [4.78, 5) is 29.5. The smallest absolute Gasteiger partial charge is 0.311 e. The lowest BCUT2D eigenvalue weighted by Crippen LogP contribution is -2.40. The third-order valence-corrected chi connectivity index (χ3v) is 7.10. The molecule has 0 unspecified atom stereocenters. The standard InChI is InChI=1S/C24H26N2O3/c27-22(15-25-14-19-8-5-13-24(19,16-25)23(28)29)26-20-9-3-1-6-17(20)11-12-18-7-2-4-10-21(18)26/h1-4,6-7,9-10,19H,5,8,11-16H2,(H,28,29)/t19-,24+/m0/s1. The number of hydrogen-bond acceptors (Lipinski definition) is 3. The number of fused-ring (bicyclic) bond motifs is 3. The van der Waals surface area contributed by atoms with Gasteiger partial charge in [0.2, 0.25) is 5.91 Å². The van der Waals surface area contributed by atoms with Gasteiger partial charge in [-0.05, 0) is 54.9 Å². The number of nitrogens with zero attached hydrogens (tertiary/aromatic N) is 2. The predicted octanol–water partition coefficient (Wildman–Crippen LogP) is 3.64. The van der Waals surface area contributed by atoms with Crippen LogP contribution in [0.5, 0.6) is 0 Å². The van der Waals surface area contributed by atoms with Gasteiger partial charge in [0.05, 0.1) is 23.3 Å². The van der Waals surface area contributed by atoms with Crippen molar-refractivity contribution in [2.75, 3.05) is 24.5 Å². The highest BCUT2D eigenvalue weighted by Crippen LogP contribution is 2.49. The van der Waals surface area contributed by atoms with E-state index in [1.165, 1.54) is 11.1 Å². The minimum atomic E-state index is -0.694. The summed E-state index contributed by atoms with van der Waals surface area (Å²) in [5, 5.41) is 9.85. The molecule has 5 nitrogen and oxygen atoms in total. The number of rotatable bonds is 3. The van der Waals surface area contributed by atoms with Crippen LogP contribution >= 0.6 is 0 Å². The summed E-state index contributed by atoms with van der Waals surface area (Å²) < 4.78 is 0. The Bertz CT molecular complexity index is 925. The van der Waals surface area contributed by atoms with Gasteiger partial charge in [-0.15, -0.1) is 0 Å². The normalized spacial score (nSPS) is 25.8. The highest BCUT2D eigenvalue weighted by molar-refractivity contribution is 6.03. The van der Waals surface area contributed by atoms with E-state index in [-0.39, 0.29) is 18.4 Å². The maximum Gasteiger partial charge on any atom is 0.311 e. The van der Waals surface area contributed by atoms with Gasteiger partial charge in [-0.2, -0.15) is 0 Å². The van der Waals surface area contributed by atoms with E-state index >= 15 is 0 Å². The topological polar surface area (TPSA) is 60.9 Å². The molecule has 1 saturated heterocycles. The Morgan fingerprint density at radius 2 is 1.62 bits per heavy atom. The van der Waals surface area contributed by atoms with E-state index in [2.05, 4.69) is 17.0 Å². The van der Waals surface area contributed by atoms with E-state index in [9.17, 15) is 14.7 Å². The average molecular weight is 390 g/mol. The van der Waals surface area contributed by atoms with Gasteiger partial charge in [0.25, 0.3) is 0 Å². The Morgan fingerprint density at radius 3 is 2.21 bits per heavy atom. The molecule has 2 aliphatic heterocycles. The molecule has 0 aromatic heterocycles. The molecule has 0 bridgehead atoms. The molecule has 1 aliphatic carbocycles. The molecule has 2 heterocycles. The van der Waals surface area contributed by atoms with Gasteiger partial charge in [-0.3, -0.25) is 19.4 Å². The lowest BCUT2D eigenvalue weighted by atomic mass is 9.81. The van der Waals surface area contributed by atoms with E-state index in [1.54, 1.807) is 0 Å². The summed E-state index contributed by atoms with van der Waals surface area (Å²) >= 11 is 0. The summed E-state index contributed by atoms with van der Waals surface area (Å²) in [7, 11) is 0. The molecule has 1 N–H and O–H groups in total. The third-order valence-electron chi connectivity index (χ3n) is 7.10. The highest BCUT2D eigenvalue weighted by Gasteiger charge is 2.55. The molecule has 2 aromatic carbocycles. The van der Waals surface area contributed by atoms with Crippen LogP contribution in [0.3, 0.4) is 0 Å². The fourth-order valence-electron chi connectivity index (χ4n) is 5.67. The summed E-state index contributed by atoms with van der Waals surface area (Å²) in [5.74, 6) is -0.510. The number of carboxylic acid groups (broad SMARTS) is 1. The Balaban J connectivity index is 1.45. The molecule has 2 aromatic rings. The summed E-state index contributed by atoms with van der Waals surface area (Å²) in [6.07, 6.45) is 4.47. The van der Waals surface area contributed by atoms with Crippen LogP contribution in [0.4, 0.5) is 11.4 Å². The first-order chi connectivity index (χ1) is 14.1. The molecule has 1 saturated carbocycles. The molecular weight excluding hydrogens is 364 g/mol. The molecule has 1 amide bonds.